The molecule has 9 heteroatoms. The molecule has 2 N–H and O–H groups in total. The summed E-state index contributed by atoms with van der Waals surface area (Å²) >= 11 is 0. The quantitative estimate of drug-likeness (QED) is 0.477. The van der Waals surface area contributed by atoms with Crippen LogP contribution in [0, 0.1) is 0 Å². The molecule has 0 spiro atoms. The fraction of sp³-hybridized carbons (Fsp3) is 0.609. The summed E-state index contributed by atoms with van der Waals surface area (Å²) in [5.74, 6) is 3.50. The minimum atomic E-state index is 0.257. The highest BCUT2D eigenvalue weighted by Crippen LogP contribution is 2.27. The Balaban J connectivity index is 1.38. The van der Waals surface area contributed by atoms with Crippen molar-refractivity contribution in [3.63, 3.8) is 0 Å². The molecule has 0 saturated carbocycles. The third kappa shape index (κ3) is 5.39. The van der Waals surface area contributed by atoms with E-state index >= 15 is 0 Å². The van der Waals surface area contributed by atoms with Crippen molar-refractivity contribution in [2.24, 2.45) is 4.99 Å². The Bertz CT molecular complexity index is 907. The number of hydrogen-bond acceptors (Lipinski definition) is 6. The van der Waals surface area contributed by atoms with Crippen LogP contribution in [-0.4, -0.2) is 72.6 Å². The van der Waals surface area contributed by atoms with Crippen LogP contribution in [0.4, 0.5) is 0 Å². The van der Waals surface area contributed by atoms with Gasteiger partial charge in [-0.3, -0.25) is 9.89 Å². The van der Waals surface area contributed by atoms with Crippen molar-refractivity contribution >= 4 is 5.96 Å². The molecule has 2 aliphatic rings. The smallest absolute Gasteiger partial charge is 0.191 e. The zero-order chi connectivity index (χ0) is 22.3. The van der Waals surface area contributed by atoms with Gasteiger partial charge < -0.3 is 20.1 Å². The number of likely N-dealkylation sites (tertiary alicyclic amines) is 1. The van der Waals surface area contributed by atoms with E-state index in [0.717, 1.165) is 62.4 Å². The first-order valence-electron chi connectivity index (χ1n) is 11.5. The minimum Gasteiger partial charge on any atom is -0.497 e. The number of aromatic nitrogens is 3. The Morgan fingerprint density at radius 1 is 1.28 bits per heavy atom. The minimum absolute atomic E-state index is 0.257. The number of hydrogen-bond donors (Lipinski definition) is 2. The molecular weight excluding hydrogens is 406 g/mol. The van der Waals surface area contributed by atoms with Gasteiger partial charge in [0.2, 0.25) is 0 Å². The first kappa shape index (κ1) is 22.5. The average Bonchev–Trinajstić information content (AvgIpc) is 3.48. The molecule has 2 aromatic rings. The van der Waals surface area contributed by atoms with Gasteiger partial charge in [0.25, 0.3) is 0 Å². The van der Waals surface area contributed by atoms with Crippen molar-refractivity contribution in [1.82, 2.24) is 30.3 Å². The van der Waals surface area contributed by atoms with Crippen molar-refractivity contribution in [1.29, 1.82) is 0 Å². The summed E-state index contributed by atoms with van der Waals surface area (Å²) in [6.07, 6.45) is 4.39. The van der Waals surface area contributed by atoms with Crippen molar-refractivity contribution < 1.29 is 9.47 Å². The predicted molar refractivity (Wildman–Crippen MR) is 124 cm³/mol. The van der Waals surface area contributed by atoms with Gasteiger partial charge in [-0.15, -0.1) is 0 Å². The number of nitrogens with one attached hydrogen (secondary N) is 2. The van der Waals surface area contributed by atoms with Crippen LogP contribution < -0.4 is 15.4 Å². The van der Waals surface area contributed by atoms with E-state index in [-0.39, 0.29) is 12.1 Å². The summed E-state index contributed by atoms with van der Waals surface area (Å²) in [7, 11) is 5.21. The summed E-state index contributed by atoms with van der Waals surface area (Å²) in [4.78, 5) is 11.6. The third-order valence-electron chi connectivity index (χ3n) is 6.26. The van der Waals surface area contributed by atoms with Crippen LogP contribution >= 0.6 is 0 Å². The second-order valence-corrected chi connectivity index (χ2v) is 8.43. The molecule has 2 aliphatic heterocycles. The monoisotopic (exact) mass is 441 g/mol. The number of aliphatic imine (C=N–C) groups is 1. The van der Waals surface area contributed by atoms with E-state index in [9.17, 15) is 0 Å². The molecule has 9 nitrogen and oxygen atoms in total. The second kappa shape index (κ2) is 10.8. The molecule has 0 aliphatic carbocycles. The maximum atomic E-state index is 5.46. The van der Waals surface area contributed by atoms with Gasteiger partial charge in [0.1, 0.15) is 18.2 Å². The van der Waals surface area contributed by atoms with Crippen molar-refractivity contribution in [3.05, 3.63) is 41.5 Å². The van der Waals surface area contributed by atoms with Crippen molar-refractivity contribution in [3.8, 4) is 5.75 Å². The van der Waals surface area contributed by atoms with Crippen LogP contribution in [0.2, 0.25) is 0 Å². The van der Waals surface area contributed by atoms with E-state index in [1.165, 1.54) is 18.4 Å². The van der Waals surface area contributed by atoms with E-state index < -0.39 is 0 Å². The molecule has 2 atom stereocenters. The first-order valence-corrected chi connectivity index (χ1v) is 11.5. The molecule has 4 rings (SSSR count). The molecule has 1 fully saturated rings. The van der Waals surface area contributed by atoms with E-state index in [1.54, 1.807) is 14.2 Å². The molecule has 0 amide bonds. The summed E-state index contributed by atoms with van der Waals surface area (Å²) in [5.41, 5.74) is 1.27. The molecule has 1 saturated heterocycles. The fourth-order valence-corrected chi connectivity index (χ4v) is 4.61. The Hall–Kier alpha value is -2.65. The topological polar surface area (TPSA) is 88.8 Å². The summed E-state index contributed by atoms with van der Waals surface area (Å²) in [6.45, 7) is 4.25. The molecule has 32 heavy (non-hydrogen) atoms. The maximum absolute atomic E-state index is 5.46. The molecule has 174 valence electrons. The van der Waals surface area contributed by atoms with Crippen LogP contribution in [0.15, 0.2) is 29.3 Å². The van der Waals surface area contributed by atoms with Gasteiger partial charge in [0.15, 0.2) is 11.8 Å². The molecule has 3 heterocycles. The van der Waals surface area contributed by atoms with Gasteiger partial charge in [0.05, 0.1) is 19.7 Å². The average molecular weight is 442 g/mol. The summed E-state index contributed by atoms with van der Waals surface area (Å²) in [5, 5.41) is 11.7. The van der Waals surface area contributed by atoms with E-state index in [4.69, 9.17) is 9.47 Å². The lowest BCUT2D eigenvalue weighted by Crippen LogP contribution is -2.49. The SMILES string of the molecule is CN=C(NCC(c1cccc(OC)c1)N1CCCC1)NC1CCc2nc(COC)nn2C1. The highest BCUT2D eigenvalue weighted by Gasteiger charge is 2.26. The number of methoxy groups -OCH3 is 2. The number of guanidine groups is 1. The van der Waals surface area contributed by atoms with Crippen LogP contribution in [0.3, 0.4) is 0 Å². The molecular formula is C23H35N7O2. The zero-order valence-electron chi connectivity index (χ0n) is 19.4. The standard InChI is InChI=1S/C23H35N7O2/c1-24-23(26-18-9-10-22-27-21(16-31-2)28-30(22)15-18)25-14-20(29-11-4-5-12-29)17-7-6-8-19(13-17)32-3/h6-8,13,18,20H,4-5,9-12,14-16H2,1-3H3,(H2,24,25,26). The summed E-state index contributed by atoms with van der Waals surface area (Å²) in [6, 6.07) is 8.93. The number of benzene rings is 1. The van der Waals surface area contributed by atoms with Gasteiger partial charge in [-0.05, 0) is 50.0 Å². The molecule has 2 unspecified atom stereocenters. The number of ether oxygens (including phenoxy) is 2. The Morgan fingerprint density at radius 2 is 2.12 bits per heavy atom. The Morgan fingerprint density at radius 3 is 2.88 bits per heavy atom. The zero-order valence-corrected chi connectivity index (χ0v) is 19.4. The van der Waals surface area contributed by atoms with Gasteiger partial charge in [-0.1, -0.05) is 12.1 Å². The van der Waals surface area contributed by atoms with Gasteiger partial charge in [-0.2, -0.15) is 5.10 Å². The Labute approximate surface area is 190 Å². The number of nitrogens with zero attached hydrogens (tertiary/aromatic N) is 5. The predicted octanol–water partition coefficient (Wildman–Crippen LogP) is 1.75. The number of rotatable bonds is 8. The highest BCUT2D eigenvalue weighted by molar-refractivity contribution is 5.80. The van der Waals surface area contributed by atoms with Gasteiger partial charge in [-0.25, -0.2) is 9.67 Å². The van der Waals surface area contributed by atoms with Crippen LogP contribution in [0.1, 0.15) is 42.5 Å². The lowest BCUT2D eigenvalue weighted by atomic mass is 10.0. The lowest BCUT2D eigenvalue weighted by Gasteiger charge is -2.30. The molecule has 0 bridgehead atoms. The van der Waals surface area contributed by atoms with Crippen molar-refractivity contribution in [2.75, 3.05) is 40.9 Å². The van der Waals surface area contributed by atoms with E-state index in [2.05, 4.69) is 48.8 Å². The van der Waals surface area contributed by atoms with E-state index in [1.807, 2.05) is 17.8 Å². The maximum Gasteiger partial charge on any atom is 0.191 e. The molecule has 0 radical (unpaired) electrons. The third-order valence-corrected chi connectivity index (χ3v) is 6.26. The van der Waals surface area contributed by atoms with Gasteiger partial charge in [0, 0.05) is 33.2 Å². The largest absolute Gasteiger partial charge is 0.497 e. The molecule has 1 aromatic carbocycles. The summed E-state index contributed by atoms with van der Waals surface area (Å²) < 4.78 is 12.6. The van der Waals surface area contributed by atoms with E-state index in [0.29, 0.717) is 6.61 Å². The van der Waals surface area contributed by atoms with Crippen LogP contribution in [0.25, 0.3) is 0 Å². The van der Waals surface area contributed by atoms with Gasteiger partial charge >= 0.3 is 0 Å². The lowest BCUT2D eigenvalue weighted by molar-refractivity contribution is 0.177. The number of fused-ring (bicyclic) bond motifs is 1. The first-order chi connectivity index (χ1) is 15.7. The van der Waals surface area contributed by atoms with Crippen LogP contribution in [-0.2, 0) is 24.3 Å². The normalized spacial score (nSPS) is 20.1. The fourth-order valence-electron chi connectivity index (χ4n) is 4.61. The highest BCUT2D eigenvalue weighted by atomic mass is 16.5. The molecule has 1 aromatic heterocycles. The Kier molecular flexibility index (Phi) is 7.59. The second-order valence-electron chi connectivity index (χ2n) is 8.43. The van der Waals surface area contributed by atoms with Crippen molar-refractivity contribution in [2.45, 2.75) is 50.9 Å². The van der Waals surface area contributed by atoms with Crippen LogP contribution in [0.5, 0.6) is 5.75 Å². The number of aryl methyl sites for hydroxylation is 1.